The molecule has 1 unspecified atom stereocenters. The van der Waals surface area contributed by atoms with Crippen LogP contribution in [0.2, 0.25) is 0 Å². The summed E-state index contributed by atoms with van der Waals surface area (Å²) in [5.74, 6) is 1.60. The maximum atomic E-state index is 5.69. The summed E-state index contributed by atoms with van der Waals surface area (Å²) in [6, 6.07) is 7.90. The molecule has 1 aliphatic heterocycles. The van der Waals surface area contributed by atoms with Crippen molar-refractivity contribution in [2.24, 2.45) is 0 Å². The van der Waals surface area contributed by atoms with E-state index in [4.69, 9.17) is 14.0 Å². The average molecular weight is 381 g/mol. The molecule has 1 fully saturated rings. The van der Waals surface area contributed by atoms with Crippen LogP contribution in [0.1, 0.15) is 30.3 Å². The van der Waals surface area contributed by atoms with Crippen molar-refractivity contribution < 1.29 is 14.0 Å². The Kier molecular flexibility index (Phi) is 5.89. The number of pyridine rings is 2. The van der Waals surface area contributed by atoms with Crippen LogP contribution in [0.15, 0.2) is 47.4 Å². The molecule has 3 aromatic rings. The molecule has 0 spiro atoms. The van der Waals surface area contributed by atoms with E-state index in [0.29, 0.717) is 36.4 Å². The van der Waals surface area contributed by atoms with E-state index in [1.54, 1.807) is 13.3 Å². The highest BCUT2D eigenvalue weighted by Gasteiger charge is 2.31. The lowest BCUT2D eigenvalue weighted by atomic mass is 10.2. The van der Waals surface area contributed by atoms with Crippen LogP contribution in [-0.2, 0) is 11.3 Å². The first-order valence-electron chi connectivity index (χ1n) is 9.39. The Balaban J connectivity index is 1.51. The second kappa shape index (κ2) is 8.90. The van der Waals surface area contributed by atoms with Crippen molar-refractivity contribution in [1.82, 2.24) is 25.0 Å². The highest BCUT2D eigenvalue weighted by molar-refractivity contribution is 5.60. The van der Waals surface area contributed by atoms with E-state index in [1.807, 2.05) is 36.7 Å². The van der Waals surface area contributed by atoms with Gasteiger partial charge in [0.15, 0.2) is 0 Å². The first-order valence-corrected chi connectivity index (χ1v) is 9.39. The largest absolute Gasteiger partial charge is 0.475 e. The molecule has 8 nitrogen and oxygen atoms in total. The number of nitrogens with zero attached hydrogens (tertiary/aromatic N) is 5. The molecule has 146 valence electrons. The van der Waals surface area contributed by atoms with Gasteiger partial charge in [-0.05, 0) is 49.2 Å². The molecule has 0 N–H and O–H groups in total. The molecule has 0 saturated carbocycles. The number of rotatable bonds is 8. The van der Waals surface area contributed by atoms with E-state index in [-0.39, 0.29) is 6.04 Å². The lowest BCUT2D eigenvalue weighted by Gasteiger charge is -2.21. The van der Waals surface area contributed by atoms with Crippen LogP contribution in [0.4, 0.5) is 0 Å². The van der Waals surface area contributed by atoms with Gasteiger partial charge in [0.05, 0.1) is 18.2 Å². The lowest BCUT2D eigenvalue weighted by Crippen LogP contribution is -2.23. The second-order valence-corrected chi connectivity index (χ2v) is 6.64. The summed E-state index contributed by atoms with van der Waals surface area (Å²) in [7, 11) is 1.63. The zero-order valence-electron chi connectivity index (χ0n) is 15.8. The molecular weight excluding hydrogens is 358 g/mol. The first kappa shape index (κ1) is 18.5. The minimum absolute atomic E-state index is 0.115. The fourth-order valence-corrected chi connectivity index (χ4v) is 3.40. The quantitative estimate of drug-likeness (QED) is 0.551. The molecule has 0 amide bonds. The molecule has 0 aromatic carbocycles. The molecule has 4 heterocycles. The third-order valence-corrected chi connectivity index (χ3v) is 4.76. The Bertz CT molecular complexity index is 886. The number of methoxy groups -OCH3 is 1. The molecule has 1 atom stereocenters. The predicted molar refractivity (Wildman–Crippen MR) is 102 cm³/mol. The van der Waals surface area contributed by atoms with Gasteiger partial charge < -0.3 is 14.0 Å². The van der Waals surface area contributed by atoms with E-state index >= 15 is 0 Å². The smallest absolute Gasteiger partial charge is 0.244 e. The summed E-state index contributed by atoms with van der Waals surface area (Å²) in [6.07, 6.45) is 7.42. The fourth-order valence-electron chi connectivity index (χ4n) is 3.40. The molecule has 0 bridgehead atoms. The van der Waals surface area contributed by atoms with Gasteiger partial charge in [0.2, 0.25) is 17.6 Å². The molecule has 4 rings (SSSR count). The maximum Gasteiger partial charge on any atom is 0.244 e. The minimum Gasteiger partial charge on any atom is -0.475 e. The van der Waals surface area contributed by atoms with Gasteiger partial charge in [0, 0.05) is 32.2 Å². The molecule has 0 radical (unpaired) electrons. The van der Waals surface area contributed by atoms with Crippen LogP contribution in [0, 0.1) is 0 Å². The standard InChI is InChI=1S/C20H23N5O3/c1-26-12-13-27-19-16(4-2-8-22-19)18-23-20(28-24-18)17-5-3-11-25(17)14-15-6-9-21-10-7-15/h2,4,6-10,17H,3,5,11-14H2,1H3. The SMILES string of the molecule is COCCOc1ncccc1-c1noc(C2CCCN2Cc2ccncc2)n1. The number of aromatic nitrogens is 4. The monoisotopic (exact) mass is 381 g/mol. The van der Waals surface area contributed by atoms with Crippen molar-refractivity contribution >= 4 is 0 Å². The number of hydrogen-bond donors (Lipinski definition) is 0. The van der Waals surface area contributed by atoms with Gasteiger partial charge in [-0.25, -0.2) is 4.98 Å². The number of likely N-dealkylation sites (tertiary alicyclic amines) is 1. The molecular formula is C20H23N5O3. The Labute approximate surface area is 163 Å². The van der Waals surface area contributed by atoms with E-state index < -0.39 is 0 Å². The molecule has 3 aromatic heterocycles. The Morgan fingerprint density at radius 2 is 2.07 bits per heavy atom. The summed E-state index contributed by atoms with van der Waals surface area (Å²) < 4.78 is 16.4. The van der Waals surface area contributed by atoms with Gasteiger partial charge in [0.1, 0.15) is 6.61 Å². The normalized spacial score (nSPS) is 17.1. The van der Waals surface area contributed by atoms with Crippen molar-refractivity contribution in [1.29, 1.82) is 0 Å². The van der Waals surface area contributed by atoms with E-state index in [0.717, 1.165) is 25.9 Å². The van der Waals surface area contributed by atoms with Crippen LogP contribution in [0.25, 0.3) is 11.4 Å². The minimum atomic E-state index is 0.115. The summed E-state index contributed by atoms with van der Waals surface area (Å²) in [4.78, 5) is 15.4. The molecule has 8 heteroatoms. The van der Waals surface area contributed by atoms with Crippen molar-refractivity contribution in [2.75, 3.05) is 26.9 Å². The van der Waals surface area contributed by atoms with Crippen molar-refractivity contribution in [3.8, 4) is 17.3 Å². The third kappa shape index (κ3) is 4.18. The topological polar surface area (TPSA) is 86.4 Å². The summed E-state index contributed by atoms with van der Waals surface area (Å²) in [6.45, 7) is 2.74. The van der Waals surface area contributed by atoms with Gasteiger partial charge in [-0.15, -0.1) is 0 Å². The molecule has 1 aliphatic rings. The lowest BCUT2D eigenvalue weighted by molar-refractivity contribution is 0.144. The summed E-state index contributed by atoms with van der Waals surface area (Å²) in [5, 5.41) is 4.19. The van der Waals surface area contributed by atoms with Crippen molar-refractivity contribution in [3.05, 3.63) is 54.3 Å². The maximum absolute atomic E-state index is 5.69. The molecule has 28 heavy (non-hydrogen) atoms. The molecule has 1 saturated heterocycles. The van der Waals surface area contributed by atoms with Crippen LogP contribution in [0.3, 0.4) is 0 Å². The van der Waals surface area contributed by atoms with E-state index in [9.17, 15) is 0 Å². The highest BCUT2D eigenvalue weighted by Crippen LogP contribution is 2.34. The van der Waals surface area contributed by atoms with Crippen molar-refractivity contribution in [3.63, 3.8) is 0 Å². The van der Waals surface area contributed by atoms with Crippen LogP contribution < -0.4 is 4.74 Å². The highest BCUT2D eigenvalue weighted by atomic mass is 16.5. The van der Waals surface area contributed by atoms with Gasteiger partial charge in [0.25, 0.3) is 0 Å². The zero-order valence-corrected chi connectivity index (χ0v) is 15.8. The van der Waals surface area contributed by atoms with Gasteiger partial charge in [-0.1, -0.05) is 5.16 Å². The van der Waals surface area contributed by atoms with E-state index in [1.165, 1.54) is 5.56 Å². The van der Waals surface area contributed by atoms with Gasteiger partial charge in [-0.2, -0.15) is 4.98 Å². The van der Waals surface area contributed by atoms with Gasteiger partial charge >= 0.3 is 0 Å². The van der Waals surface area contributed by atoms with E-state index in [2.05, 4.69) is 25.0 Å². The Hall–Kier alpha value is -2.84. The van der Waals surface area contributed by atoms with Crippen LogP contribution in [0.5, 0.6) is 5.88 Å². The van der Waals surface area contributed by atoms with Gasteiger partial charge in [-0.3, -0.25) is 9.88 Å². The molecule has 0 aliphatic carbocycles. The van der Waals surface area contributed by atoms with Crippen LogP contribution in [-0.4, -0.2) is 51.9 Å². The number of hydrogen-bond acceptors (Lipinski definition) is 8. The Morgan fingerprint density at radius 3 is 2.93 bits per heavy atom. The zero-order chi connectivity index (χ0) is 19.2. The first-order chi connectivity index (χ1) is 13.8. The summed E-state index contributed by atoms with van der Waals surface area (Å²) in [5.41, 5.74) is 1.94. The Morgan fingerprint density at radius 1 is 1.18 bits per heavy atom. The second-order valence-electron chi connectivity index (χ2n) is 6.64. The predicted octanol–water partition coefficient (Wildman–Crippen LogP) is 2.89. The van der Waals surface area contributed by atoms with Crippen LogP contribution >= 0.6 is 0 Å². The fraction of sp³-hybridized carbons (Fsp3) is 0.400. The summed E-state index contributed by atoms with van der Waals surface area (Å²) >= 11 is 0. The number of ether oxygens (including phenoxy) is 2. The third-order valence-electron chi connectivity index (χ3n) is 4.76. The van der Waals surface area contributed by atoms with Crippen molar-refractivity contribution in [2.45, 2.75) is 25.4 Å². The average Bonchev–Trinajstić information content (AvgIpc) is 3.39.